The summed E-state index contributed by atoms with van der Waals surface area (Å²) in [5.41, 5.74) is 2.10. The maximum atomic E-state index is 9.02. The van der Waals surface area contributed by atoms with E-state index in [0.29, 0.717) is 6.61 Å². The summed E-state index contributed by atoms with van der Waals surface area (Å²) in [6.45, 7) is 0.719. The van der Waals surface area contributed by atoms with E-state index in [-0.39, 0.29) is 6.61 Å². The lowest BCUT2D eigenvalue weighted by Gasteiger charge is -2.07. The molecule has 1 aromatic carbocycles. The smallest absolute Gasteiger partial charge is 0.119 e. The zero-order valence-corrected chi connectivity index (χ0v) is 10.2. The molecule has 0 radical (unpaired) electrons. The number of nitrogens with zero attached hydrogens (tertiary/aromatic N) is 1. The van der Waals surface area contributed by atoms with Crippen LogP contribution in [0.25, 0.3) is 0 Å². The molecule has 0 aliphatic carbocycles. The van der Waals surface area contributed by atoms with Crippen molar-refractivity contribution in [2.45, 2.75) is 19.4 Å². The van der Waals surface area contributed by atoms with E-state index >= 15 is 0 Å². The second-order valence-corrected chi connectivity index (χ2v) is 4.12. The molecule has 0 atom stereocenters. The van der Waals surface area contributed by atoms with Gasteiger partial charge in [-0.05, 0) is 42.2 Å². The van der Waals surface area contributed by atoms with E-state index in [1.165, 1.54) is 5.56 Å². The van der Waals surface area contributed by atoms with Crippen molar-refractivity contribution in [1.29, 1.82) is 0 Å². The fourth-order valence-electron chi connectivity index (χ4n) is 1.75. The van der Waals surface area contributed by atoms with Gasteiger partial charge in [0.15, 0.2) is 0 Å². The van der Waals surface area contributed by atoms with Gasteiger partial charge in [0, 0.05) is 12.4 Å². The number of aliphatic hydroxyl groups is 1. The fourth-order valence-corrected chi connectivity index (χ4v) is 1.75. The maximum absolute atomic E-state index is 9.02. The first kappa shape index (κ1) is 12.6. The molecule has 0 fully saturated rings. The molecular weight excluding hydrogens is 226 g/mol. The Kier molecular flexibility index (Phi) is 4.73. The number of hydrogen-bond acceptors (Lipinski definition) is 3. The second kappa shape index (κ2) is 6.77. The molecule has 0 bridgehead atoms. The zero-order valence-electron chi connectivity index (χ0n) is 10.2. The Hall–Kier alpha value is -1.87. The predicted molar refractivity (Wildman–Crippen MR) is 70.4 cm³/mol. The normalized spacial score (nSPS) is 10.3. The molecule has 1 aromatic heterocycles. The van der Waals surface area contributed by atoms with Crippen molar-refractivity contribution < 1.29 is 9.84 Å². The molecule has 2 rings (SSSR count). The van der Waals surface area contributed by atoms with Crippen LogP contribution in [-0.2, 0) is 13.0 Å². The van der Waals surface area contributed by atoms with E-state index in [1.807, 2.05) is 36.5 Å². The Morgan fingerprint density at radius 3 is 2.78 bits per heavy atom. The van der Waals surface area contributed by atoms with Crippen molar-refractivity contribution in [3.05, 3.63) is 59.9 Å². The summed E-state index contributed by atoms with van der Waals surface area (Å²) in [4.78, 5) is 4.08. The first-order valence-corrected chi connectivity index (χ1v) is 6.10. The molecule has 1 N–H and O–H groups in total. The first-order chi connectivity index (χ1) is 8.88. The highest BCUT2D eigenvalue weighted by Crippen LogP contribution is 2.13. The lowest BCUT2D eigenvalue weighted by Crippen LogP contribution is -2.00. The van der Waals surface area contributed by atoms with Crippen LogP contribution in [0.3, 0.4) is 0 Å². The van der Waals surface area contributed by atoms with Gasteiger partial charge in [-0.3, -0.25) is 4.98 Å². The molecule has 0 saturated heterocycles. The van der Waals surface area contributed by atoms with Crippen LogP contribution in [0.15, 0.2) is 48.8 Å². The third-order valence-electron chi connectivity index (χ3n) is 2.68. The highest BCUT2D eigenvalue weighted by Gasteiger charge is 1.97. The molecule has 0 unspecified atom stereocenters. The molecule has 18 heavy (non-hydrogen) atoms. The molecule has 1 heterocycles. The standard InChI is InChI=1S/C15H17NO2/c17-12-14-4-1-7-15(10-14)18-9-3-6-13-5-2-8-16-11-13/h1-2,4-5,7-8,10-11,17H,3,6,9,12H2. The lowest BCUT2D eigenvalue weighted by atomic mass is 10.2. The number of aromatic nitrogens is 1. The van der Waals surface area contributed by atoms with Crippen LogP contribution in [0.1, 0.15) is 17.5 Å². The number of pyridine rings is 1. The number of rotatable bonds is 6. The lowest BCUT2D eigenvalue weighted by molar-refractivity contribution is 0.278. The quantitative estimate of drug-likeness (QED) is 0.793. The number of aliphatic hydroxyl groups excluding tert-OH is 1. The number of benzene rings is 1. The minimum Gasteiger partial charge on any atom is -0.494 e. The van der Waals surface area contributed by atoms with E-state index in [4.69, 9.17) is 9.84 Å². The van der Waals surface area contributed by atoms with Crippen molar-refractivity contribution in [3.8, 4) is 5.75 Å². The van der Waals surface area contributed by atoms with Gasteiger partial charge in [0.25, 0.3) is 0 Å². The minimum atomic E-state index is 0.0485. The summed E-state index contributed by atoms with van der Waals surface area (Å²) in [6.07, 6.45) is 5.58. The van der Waals surface area contributed by atoms with Gasteiger partial charge < -0.3 is 9.84 Å². The van der Waals surface area contributed by atoms with Crippen molar-refractivity contribution in [2.75, 3.05) is 6.61 Å². The summed E-state index contributed by atoms with van der Waals surface area (Å²) in [6, 6.07) is 11.6. The van der Waals surface area contributed by atoms with Gasteiger partial charge in [0.1, 0.15) is 5.75 Å². The maximum Gasteiger partial charge on any atom is 0.119 e. The van der Waals surface area contributed by atoms with Crippen LogP contribution in [0.5, 0.6) is 5.75 Å². The van der Waals surface area contributed by atoms with Gasteiger partial charge in [0.05, 0.1) is 13.2 Å². The first-order valence-electron chi connectivity index (χ1n) is 6.10. The SMILES string of the molecule is OCc1cccc(OCCCc2cccnc2)c1. The van der Waals surface area contributed by atoms with Crippen LogP contribution in [-0.4, -0.2) is 16.7 Å². The van der Waals surface area contributed by atoms with Crippen LogP contribution >= 0.6 is 0 Å². The predicted octanol–water partition coefficient (Wildman–Crippen LogP) is 2.59. The molecule has 0 saturated carbocycles. The van der Waals surface area contributed by atoms with E-state index in [2.05, 4.69) is 11.1 Å². The van der Waals surface area contributed by atoms with Gasteiger partial charge in [-0.25, -0.2) is 0 Å². The van der Waals surface area contributed by atoms with Crippen molar-refractivity contribution >= 4 is 0 Å². The molecule has 0 amide bonds. The third kappa shape index (κ3) is 3.86. The summed E-state index contributed by atoms with van der Waals surface area (Å²) >= 11 is 0. The van der Waals surface area contributed by atoms with Gasteiger partial charge in [-0.15, -0.1) is 0 Å². The minimum absolute atomic E-state index is 0.0485. The highest BCUT2D eigenvalue weighted by atomic mass is 16.5. The van der Waals surface area contributed by atoms with Crippen LogP contribution in [0, 0.1) is 0 Å². The highest BCUT2D eigenvalue weighted by molar-refractivity contribution is 5.27. The molecular formula is C15H17NO2. The molecule has 0 aliphatic heterocycles. The molecule has 0 aliphatic rings. The number of aryl methyl sites for hydroxylation is 1. The molecule has 94 valence electrons. The van der Waals surface area contributed by atoms with Crippen molar-refractivity contribution in [3.63, 3.8) is 0 Å². The van der Waals surface area contributed by atoms with Gasteiger partial charge in [0.2, 0.25) is 0 Å². The van der Waals surface area contributed by atoms with Crippen LogP contribution in [0.2, 0.25) is 0 Å². The van der Waals surface area contributed by atoms with Crippen LogP contribution in [0.4, 0.5) is 0 Å². The molecule has 2 aromatic rings. The largest absolute Gasteiger partial charge is 0.494 e. The number of hydrogen-bond donors (Lipinski definition) is 1. The average molecular weight is 243 g/mol. The monoisotopic (exact) mass is 243 g/mol. The van der Waals surface area contributed by atoms with E-state index in [9.17, 15) is 0 Å². The number of ether oxygens (including phenoxy) is 1. The zero-order chi connectivity index (χ0) is 12.6. The van der Waals surface area contributed by atoms with E-state index in [0.717, 1.165) is 24.2 Å². The Balaban J connectivity index is 1.75. The van der Waals surface area contributed by atoms with Crippen LogP contribution < -0.4 is 4.74 Å². The Morgan fingerprint density at radius 1 is 1.11 bits per heavy atom. The third-order valence-corrected chi connectivity index (χ3v) is 2.68. The van der Waals surface area contributed by atoms with Gasteiger partial charge >= 0.3 is 0 Å². The summed E-state index contributed by atoms with van der Waals surface area (Å²) < 4.78 is 5.64. The molecule has 3 heteroatoms. The molecule has 3 nitrogen and oxygen atoms in total. The van der Waals surface area contributed by atoms with E-state index in [1.54, 1.807) is 6.20 Å². The van der Waals surface area contributed by atoms with Gasteiger partial charge in [-0.2, -0.15) is 0 Å². The summed E-state index contributed by atoms with van der Waals surface area (Å²) in [5, 5.41) is 9.02. The summed E-state index contributed by atoms with van der Waals surface area (Å²) in [5.74, 6) is 0.813. The van der Waals surface area contributed by atoms with Gasteiger partial charge in [-0.1, -0.05) is 18.2 Å². The topological polar surface area (TPSA) is 42.4 Å². The van der Waals surface area contributed by atoms with Crippen molar-refractivity contribution in [1.82, 2.24) is 4.98 Å². The Labute approximate surface area is 107 Å². The van der Waals surface area contributed by atoms with E-state index < -0.39 is 0 Å². The Bertz CT molecular complexity index is 471. The van der Waals surface area contributed by atoms with Crippen molar-refractivity contribution in [2.24, 2.45) is 0 Å². The Morgan fingerprint density at radius 2 is 2.00 bits per heavy atom. The molecule has 0 spiro atoms. The second-order valence-electron chi connectivity index (χ2n) is 4.12. The average Bonchev–Trinajstić information content (AvgIpc) is 2.45. The fraction of sp³-hybridized carbons (Fsp3) is 0.267. The summed E-state index contributed by atoms with van der Waals surface area (Å²) in [7, 11) is 0.